The largest absolute Gasteiger partial charge is 0.506 e. The Morgan fingerprint density at radius 2 is 0.947 bits per heavy atom. The van der Waals surface area contributed by atoms with E-state index in [9.17, 15) is 0 Å². The molecule has 19 heavy (non-hydrogen) atoms. The van der Waals surface area contributed by atoms with Crippen LogP contribution in [0.3, 0.4) is 0 Å². The molecular formula is C12H8Cl4O2Zr. The van der Waals surface area contributed by atoms with Gasteiger partial charge in [0.15, 0.2) is 0 Å². The van der Waals surface area contributed by atoms with Crippen molar-refractivity contribution in [3.8, 4) is 11.5 Å². The first kappa shape index (κ1) is 19.1. The van der Waals surface area contributed by atoms with Gasteiger partial charge in [-0.15, -0.1) is 0 Å². The summed E-state index contributed by atoms with van der Waals surface area (Å²) in [6.07, 6.45) is 0. The number of phenols is 2. The molecule has 0 aromatic heterocycles. The summed E-state index contributed by atoms with van der Waals surface area (Å²) >= 11 is 21.9. The Kier molecular flexibility index (Phi) is 9.14. The molecule has 2 nitrogen and oxygen atoms in total. The van der Waals surface area contributed by atoms with E-state index in [1.54, 1.807) is 24.3 Å². The number of hydrogen-bond donors (Lipinski definition) is 2. The first-order chi connectivity index (χ1) is 8.40. The molecule has 2 rings (SSSR count). The van der Waals surface area contributed by atoms with Crippen LogP contribution in [0.25, 0.3) is 0 Å². The summed E-state index contributed by atoms with van der Waals surface area (Å²) < 4.78 is 0. The summed E-state index contributed by atoms with van der Waals surface area (Å²) in [7, 11) is 0. The van der Waals surface area contributed by atoms with Gasteiger partial charge in [0.05, 0.1) is 10.0 Å². The molecule has 0 aliphatic rings. The van der Waals surface area contributed by atoms with Gasteiger partial charge in [0.2, 0.25) is 0 Å². The fourth-order valence-corrected chi connectivity index (χ4v) is 1.54. The monoisotopic (exact) mass is 414 g/mol. The third kappa shape index (κ3) is 6.88. The molecule has 2 N–H and O–H groups in total. The van der Waals surface area contributed by atoms with Gasteiger partial charge in [0.1, 0.15) is 11.5 Å². The molecule has 0 heterocycles. The van der Waals surface area contributed by atoms with Crippen LogP contribution in [0.5, 0.6) is 11.5 Å². The van der Waals surface area contributed by atoms with Gasteiger partial charge in [-0.25, -0.2) is 0 Å². The van der Waals surface area contributed by atoms with E-state index < -0.39 is 0 Å². The standard InChI is InChI=1S/2C6H4Cl2O.Zr/c2*7-4-1-2-5(8)6(9)3-4;/h2*1-3,9H;. The average molecular weight is 417 g/mol. The Morgan fingerprint density at radius 3 is 1.16 bits per heavy atom. The zero-order chi connectivity index (χ0) is 13.7. The number of aromatic hydroxyl groups is 2. The molecule has 0 radical (unpaired) electrons. The number of hydrogen-bond acceptors (Lipinski definition) is 2. The van der Waals surface area contributed by atoms with Crippen molar-refractivity contribution in [2.45, 2.75) is 0 Å². The van der Waals surface area contributed by atoms with Crippen molar-refractivity contribution < 1.29 is 36.4 Å². The minimum absolute atomic E-state index is 0. The van der Waals surface area contributed by atoms with Gasteiger partial charge in [-0.05, 0) is 24.3 Å². The summed E-state index contributed by atoms with van der Waals surface area (Å²) in [4.78, 5) is 0. The van der Waals surface area contributed by atoms with Gasteiger partial charge in [-0.1, -0.05) is 46.4 Å². The van der Waals surface area contributed by atoms with Gasteiger partial charge in [0.25, 0.3) is 0 Å². The number of phenolic OH excluding ortho intramolecular Hbond substituents is 2. The molecule has 0 bridgehead atoms. The van der Waals surface area contributed by atoms with Crippen LogP contribution in [0, 0.1) is 0 Å². The van der Waals surface area contributed by atoms with E-state index in [1.807, 2.05) is 0 Å². The molecule has 0 spiro atoms. The van der Waals surface area contributed by atoms with Crippen LogP contribution in [-0.4, -0.2) is 10.2 Å². The predicted octanol–water partition coefficient (Wildman–Crippen LogP) is 5.40. The smallest absolute Gasteiger partial charge is 0.135 e. The van der Waals surface area contributed by atoms with Crippen LogP contribution in [-0.2, 0) is 26.2 Å². The Balaban J connectivity index is 0.000000324. The molecule has 7 heteroatoms. The quantitative estimate of drug-likeness (QED) is 0.603. The van der Waals surface area contributed by atoms with E-state index in [0.29, 0.717) is 20.1 Å². The molecule has 0 saturated carbocycles. The zero-order valence-electron chi connectivity index (χ0n) is 9.37. The number of halogens is 4. The molecule has 0 saturated heterocycles. The molecule has 0 fully saturated rings. The molecule has 0 unspecified atom stereocenters. The van der Waals surface area contributed by atoms with Crippen molar-refractivity contribution in [3.63, 3.8) is 0 Å². The maximum absolute atomic E-state index is 8.88. The van der Waals surface area contributed by atoms with Gasteiger partial charge in [-0.3, -0.25) is 0 Å². The molecule has 0 aliphatic carbocycles. The van der Waals surface area contributed by atoms with E-state index in [1.165, 1.54) is 12.1 Å². The molecule has 100 valence electrons. The van der Waals surface area contributed by atoms with E-state index in [0.717, 1.165) is 0 Å². The van der Waals surface area contributed by atoms with Crippen molar-refractivity contribution >= 4 is 46.4 Å². The summed E-state index contributed by atoms with van der Waals surface area (Å²) in [5.41, 5.74) is 0. The SMILES string of the molecule is Oc1cc(Cl)ccc1Cl.Oc1cc(Cl)ccc1Cl.[Zr]. The average Bonchev–Trinajstić information content (AvgIpc) is 2.30. The molecule has 2 aromatic carbocycles. The summed E-state index contributed by atoms with van der Waals surface area (Å²) in [6, 6.07) is 9.10. The summed E-state index contributed by atoms with van der Waals surface area (Å²) in [5.74, 6) is 0.0355. The number of rotatable bonds is 0. The van der Waals surface area contributed by atoms with E-state index in [4.69, 9.17) is 56.6 Å². The van der Waals surface area contributed by atoms with E-state index in [-0.39, 0.29) is 37.7 Å². The van der Waals surface area contributed by atoms with Gasteiger partial charge >= 0.3 is 0 Å². The second kappa shape index (κ2) is 9.10. The Hall–Kier alpha value is 0.0831. The first-order valence-corrected chi connectivity index (χ1v) is 6.19. The fraction of sp³-hybridized carbons (Fsp3) is 0. The third-order valence-electron chi connectivity index (χ3n) is 1.82. The molecule has 0 amide bonds. The Bertz CT molecular complexity index is 500. The Labute approximate surface area is 150 Å². The van der Waals surface area contributed by atoms with Crippen LogP contribution in [0.2, 0.25) is 20.1 Å². The van der Waals surface area contributed by atoms with Crippen molar-refractivity contribution in [1.82, 2.24) is 0 Å². The minimum atomic E-state index is 0. The van der Waals surface area contributed by atoms with Crippen LogP contribution in [0.1, 0.15) is 0 Å². The molecule has 0 aliphatic heterocycles. The normalized spacial score (nSPS) is 9.05. The maximum atomic E-state index is 8.88. The third-order valence-corrected chi connectivity index (χ3v) is 2.93. The first-order valence-electron chi connectivity index (χ1n) is 4.68. The summed E-state index contributed by atoms with van der Waals surface area (Å²) in [5, 5.41) is 19.4. The molecule has 0 atom stereocenters. The number of benzene rings is 2. The van der Waals surface area contributed by atoms with Gasteiger partial charge in [0, 0.05) is 48.4 Å². The molecular weight excluding hydrogens is 409 g/mol. The van der Waals surface area contributed by atoms with Gasteiger partial charge in [-0.2, -0.15) is 0 Å². The van der Waals surface area contributed by atoms with Crippen LogP contribution >= 0.6 is 46.4 Å². The second-order valence-corrected chi connectivity index (χ2v) is 4.88. The van der Waals surface area contributed by atoms with Crippen molar-refractivity contribution in [2.24, 2.45) is 0 Å². The summed E-state index contributed by atoms with van der Waals surface area (Å²) in [6.45, 7) is 0. The van der Waals surface area contributed by atoms with Crippen molar-refractivity contribution in [2.75, 3.05) is 0 Å². The van der Waals surface area contributed by atoms with E-state index in [2.05, 4.69) is 0 Å². The topological polar surface area (TPSA) is 40.5 Å². The van der Waals surface area contributed by atoms with Crippen molar-refractivity contribution in [3.05, 3.63) is 56.5 Å². The zero-order valence-corrected chi connectivity index (χ0v) is 14.9. The van der Waals surface area contributed by atoms with Crippen LogP contribution in [0.4, 0.5) is 0 Å². The predicted molar refractivity (Wildman–Crippen MR) is 76.3 cm³/mol. The van der Waals surface area contributed by atoms with Crippen LogP contribution in [0.15, 0.2) is 36.4 Å². The maximum Gasteiger partial charge on any atom is 0.135 e. The van der Waals surface area contributed by atoms with E-state index >= 15 is 0 Å². The van der Waals surface area contributed by atoms with Crippen molar-refractivity contribution in [1.29, 1.82) is 0 Å². The van der Waals surface area contributed by atoms with Gasteiger partial charge < -0.3 is 10.2 Å². The second-order valence-electron chi connectivity index (χ2n) is 3.19. The van der Waals surface area contributed by atoms with Crippen LogP contribution < -0.4 is 0 Å². The fourth-order valence-electron chi connectivity index (χ4n) is 0.972. The Morgan fingerprint density at radius 1 is 0.632 bits per heavy atom. The molecule has 2 aromatic rings. The minimum Gasteiger partial charge on any atom is -0.506 e.